The number of ether oxygens (including phenoxy) is 1. The first-order valence-electron chi connectivity index (χ1n) is 4.90. The summed E-state index contributed by atoms with van der Waals surface area (Å²) < 4.78 is 5.28. The molecule has 1 fully saturated rings. The molecule has 70 valence electrons. The molecule has 0 N–H and O–H groups in total. The highest BCUT2D eigenvalue weighted by Gasteiger charge is 2.29. The van der Waals surface area contributed by atoms with Crippen molar-refractivity contribution >= 4 is 11.7 Å². The zero-order valence-electron chi connectivity index (χ0n) is 7.75. The number of carbonyl (C=O) groups is 1. The second kappa shape index (κ2) is 2.71. The summed E-state index contributed by atoms with van der Waals surface area (Å²) in [6.45, 7) is 0. The lowest BCUT2D eigenvalue weighted by Crippen LogP contribution is -2.01. The summed E-state index contributed by atoms with van der Waals surface area (Å²) in [4.78, 5) is 11.5. The third kappa shape index (κ3) is 0.939. The maximum Gasteiger partial charge on any atom is 0.344 e. The molecule has 0 aromatic heterocycles. The third-order valence-corrected chi connectivity index (χ3v) is 2.86. The maximum atomic E-state index is 11.5. The van der Waals surface area contributed by atoms with E-state index in [0.717, 1.165) is 24.2 Å². The Morgan fingerprint density at radius 3 is 2.43 bits per heavy atom. The Balaban J connectivity index is 2.18. The van der Waals surface area contributed by atoms with Gasteiger partial charge in [0, 0.05) is 5.56 Å². The van der Waals surface area contributed by atoms with Crippen LogP contribution < -0.4 is 0 Å². The van der Waals surface area contributed by atoms with Gasteiger partial charge in [-0.1, -0.05) is 18.2 Å². The average Bonchev–Trinajstić information content (AvgIpc) is 2.43. The molecule has 0 atom stereocenters. The fourth-order valence-electron chi connectivity index (χ4n) is 1.91. The van der Waals surface area contributed by atoms with Crippen LogP contribution >= 0.6 is 0 Å². The summed E-state index contributed by atoms with van der Waals surface area (Å²) >= 11 is 0. The molecule has 2 nitrogen and oxygen atoms in total. The highest BCUT2D eigenvalue weighted by Crippen LogP contribution is 2.39. The van der Waals surface area contributed by atoms with Gasteiger partial charge < -0.3 is 4.74 Å². The quantitative estimate of drug-likeness (QED) is 0.582. The lowest BCUT2D eigenvalue weighted by atomic mass is 9.89. The van der Waals surface area contributed by atoms with Gasteiger partial charge in [-0.2, -0.15) is 0 Å². The first-order valence-corrected chi connectivity index (χ1v) is 4.90. The van der Waals surface area contributed by atoms with Crippen molar-refractivity contribution < 1.29 is 9.53 Å². The fraction of sp³-hybridized carbons (Fsp3) is 0.250. The molecule has 0 unspecified atom stereocenters. The summed E-state index contributed by atoms with van der Waals surface area (Å²) in [6, 6.07) is 7.60. The van der Waals surface area contributed by atoms with Crippen molar-refractivity contribution in [1.82, 2.24) is 0 Å². The molecule has 3 rings (SSSR count). The molecule has 0 radical (unpaired) electrons. The Hall–Kier alpha value is -1.57. The van der Waals surface area contributed by atoms with Crippen molar-refractivity contribution in [1.29, 1.82) is 0 Å². The number of benzene rings is 1. The van der Waals surface area contributed by atoms with Crippen LogP contribution in [0.5, 0.6) is 0 Å². The van der Waals surface area contributed by atoms with Crippen LogP contribution in [0.3, 0.4) is 0 Å². The second-order valence-corrected chi connectivity index (χ2v) is 3.72. The van der Waals surface area contributed by atoms with E-state index in [1.165, 1.54) is 12.0 Å². The summed E-state index contributed by atoms with van der Waals surface area (Å²) in [7, 11) is 0. The van der Waals surface area contributed by atoms with Crippen LogP contribution in [0.15, 0.2) is 29.8 Å². The van der Waals surface area contributed by atoms with Crippen LogP contribution in [0, 0.1) is 0 Å². The Kier molecular flexibility index (Phi) is 1.51. The van der Waals surface area contributed by atoms with Crippen LogP contribution in [0.4, 0.5) is 0 Å². The predicted molar refractivity (Wildman–Crippen MR) is 52.6 cm³/mol. The molecule has 14 heavy (non-hydrogen) atoms. The molecular formula is C12H10O2. The van der Waals surface area contributed by atoms with Crippen LogP contribution in [0.25, 0.3) is 5.76 Å². The van der Waals surface area contributed by atoms with Gasteiger partial charge in [0.2, 0.25) is 0 Å². The Labute approximate surface area is 82.2 Å². The Bertz CT molecular complexity index is 437. The average molecular weight is 186 g/mol. The third-order valence-electron chi connectivity index (χ3n) is 2.86. The zero-order chi connectivity index (χ0) is 9.54. The number of fused-ring (bicyclic) bond motifs is 1. The molecule has 0 bridgehead atoms. The van der Waals surface area contributed by atoms with Crippen molar-refractivity contribution in [3.63, 3.8) is 0 Å². The van der Waals surface area contributed by atoms with Crippen LogP contribution in [0.1, 0.15) is 35.2 Å². The van der Waals surface area contributed by atoms with Crippen LogP contribution in [-0.4, -0.2) is 5.97 Å². The predicted octanol–water partition coefficient (Wildman–Crippen LogP) is 2.75. The van der Waals surface area contributed by atoms with E-state index < -0.39 is 0 Å². The van der Waals surface area contributed by atoms with Crippen molar-refractivity contribution in [3.8, 4) is 0 Å². The molecule has 0 amide bonds. The molecule has 2 aliphatic rings. The van der Waals surface area contributed by atoms with Gasteiger partial charge in [-0.15, -0.1) is 0 Å². The van der Waals surface area contributed by atoms with Gasteiger partial charge in [-0.25, -0.2) is 4.79 Å². The molecule has 0 saturated heterocycles. The number of rotatable bonds is 0. The molecule has 0 spiro atoms. The standard InChI is InChI=1S/C12H10O2/c13-12-10-7-2-1-6-9(10)11(14-12)8-4-3-5-8/h1-2,6-7H,3-5H2. The lowest BCUT2D eigenvalue weighted by molar-refractivity contribution is 0.0713. The molecule has 1 aromatic rings. The Morgan fingerprint density at radius 1 is 1.07 bits per heavy atom. The topological polar surface area (TPSA) is 26.3 Å². The molecule has 1 heterocycles. The summed E-state index contributed by atoms with van der Waals surface area (Å²) in [6.07, 6.45) is 3.38. The van der Waals surface area contributed by atoms with Gasteiger partial charge in [0.15, 0.2) is 0 Å². The normalized spacial score (nSPS) is 19.0. The smallest absolute Gasteiger partial charge is 0.344 e. The number of carbonyl (C=O) groups excluding carboxylic acids is 1. The number of cyclic esters (lactones) is 1. The first-order chi connectivity index (χ1) is 6.86. The second-order valence-electron chi connectivity index (χ2n) is 3.72. The minimum absolute atomic E-state index is 0.199. The molecular weight excluding hydrogens is 176 g/mol. The zero-order valence-corrected chi connectivity index (χ0v) is 7.75. The number of hydrogen-bond donors (Lipinski definition) is 0. The summed E-state index contributed by atoms with van der Waals surface area (Å²) in [5, 5.41) is 0. The number of allylic oxidation sites excluding steroid dienone is 1. The minimum atomic E-state index is -0.199. The molecule has 2 heteroatoms. The number of esters is 1. The van der Waals surface area contributed by atoms with Gasteiger partial charge in [0.1, 0.15) is 5.76 Å². The monoisotopic (exact) mass is 186 g/mol. The summed E-state index contributed by atoms with van der Waals surface area (Å²) in [5.41, 5.74) is 2.98. The minimum Gasteiger partial charge on any atom is -0.422 e. The maximum absolute atomic E-state index is 11.5. The Morgan fingerprint density at radius 2 is 1.79 bits per heavy atom. The van der Waals surface area contributed by atoms with E-state index in [1.54, 1.807) is 0 Å². The first kappa shape index (κ1) is 7.80. The van der Waals surface area contributed by atoms with Crippen molar-refractivity contribution in [3.05, 3.63) is 41.0 Å². The van der Waals surface area contributed by atoms with E-state index in [1.807, 2.05) is 24.3 Å². The molecule has 1 aliphatic carbocycles. The lowest BCUT2D eigenvalue weighted by Gasteiger charge is -2.18. The van der Waals surface area contributed by atoms with E-state index in [4.69, 9.17) is 4.74 Å². The van der Waals surface area contributed by atoms with Gasteiger partial charge in [0.25, 0.3) is 0 Å². The SMILES string of the molecule is O=C1OC(=C2CCC2)c2ccccc21. The van der Waals surface area contributed by atoms with Crippen molar-refractivity contribution in [2.75, 3.05) is 0 Å². The van der Waals surface area contributed by atoms with E-state index in [2.05, 4.69) is 0 Å². The van der Waals surface area contributed by atoms with Crippen molar-refractivity contribution in [2.45, 2.75) is 19.3 Å². The van der Waals surface area contributed by atoms with Crippen LogP contribution in [0.2, 0.25) is 0 Å². The van der Waals surface area contributed by atoms with Crippen molar-refractivity contribution in [2.24, 2.45) is 0 Å². The van der Waals surface area contributed by atoms with E-state index in [-0.39, 0.29) is 5.97 Å². The highest BCUT2D eigenvalue weighted by atomic mass is 16.5. The van der Waals surface area contributed by atoms with Gasteiger partial charge in [-0.3, -0.25) is 0 Å². The van der Waals surface area contributed by atoms with Crippen LogP contribution in [-0.2, 0) is 4.74 Å². The molecule has 1 aliphatic heterocycles. The molecule has 1 saturated carbocycles. The van der Waals surface area contributed by atoms with Gasteiger partial charge in [0.05, 0.1) is 5.56 Å². The largest absolute Gasteiger partial charge is 0.422 e. The van der Waals surface area contributed by atoms with Gasteiger partial charge in [-0.05, 0) is 30.9 Å². The summed E-state index contributed by atoms with van der Waals surface area (Å²) in [5.74, 6) is 0.631. The fourth-order valence-corrected chi connectivity index (χ4v) is 1.91. The highest BCUT2D eigenvalue weighted by molar-refractivity contribution is 6.03. The number of hydrogen-bond acceptors (Lipinski definition) is 2. The van der Waals surface area contributed by atoms with E-state index in [9.17, 15) is 4.79 Å². The molecule has 1 aromatic carbocycles. The van der Waals surface area contributed by atoms with E-state index in [0.29, 0.717) is 5.56 Å². The van der Waals surface area contributed by atoms with Gasteiger partial charge >= 0.3 is 5.97 Å². The van der Waals surface area contributed by atoms with E-state index >= 15 is 0 Å².